The van der Waals surface area contributed by atoms with Crippen LogP contribution in [0.1, 0.15) is 50.4 Å². The van der Waals surface area contributed by atoms with E-state index in [4.69, 9.17) is 0 Å². The van der Waals surface area contributed by atoms with Crippen LogP contribution in [0.2, 0.25) is 0 Å². The lowest BCUT2D eigenvalue weighted by atomic mass is 9.88. The number of carbonyl (C=O) groups is 1. The zero-order valence-electron chi connectivity index (χ0n) is 17.1. The molecule has 0 unspecified atom stereocenters. The summed E-state index contributed by atoms with van der Waals surface area (Å²) in [6, 6.07) is 9.67. The highest BCUT2D eigenvalue weighted by molar-refractivity contribution is 5.76. The minimum absolute atomic E-state index is 0.0355. The second-order valence-electron chi connectivity index (χ2n) is 8.28. The van der Waals surface area contributed by atoms with E-state index in [1.54, 1.807) is 12.3 Å². The molecule has 3 rings (SSSR count). The van der Waals surface area contributed by atoms with Gasteiger partial charge in [-0.05, 0) is 61.1 Å². The van der Waals surface area contributed by atoms with Crippen molar-refractivity contribution < 1.29 is 13.6 Å². The van der Waals surface area contributed by atoms with E-state index in [1.165, 1.54) is 12.1 Å². The van der Waals surface area contributed by atoms with Gasteiger partial charge in [0.05, 0.1) is 11.7 Å². The van der Waals surface area contributed by atoms with Crippen LogP contribution in [0.5, 0.6) is 0 Å². The van der Waals surface area contributed by atoms with Crippen molar-refractivity contribution in [2.75, 3.05) is 13.1 Å². The van der Waals surface area contributed by atoms with Crippen LogP contribution < -0.4 is 5.32 Å². The lowest BCUT2D eigenvalue weighted by Gasteiger charge is -2.37. The van der Waals surface area contributed by atoms with Gasteiger partial charge in [-0.3, -0.25) is 14.7 Å². The molecule has 29 heavy (non-hydrogen) atoms. The Kier molecular flexibility index (Phi) is 7.31. The molecule has 0 spiro atoms. The fourth-order valence-corrected chi connectivity index (χ4v) is 4.00. The maximum absolute atomic E-state index is 13.6. The van der Waals surface area contributed by atoms with Gasteiger partial charge in [0.15, 0.2) is 11.6 Å². The third-order valence-corrected chi connectivity index (χ3v) is 5.32. The predicted molar refractivity (Wildman–Crippen MR) is 109 cm³/mol. The molecule has 156 valence electrons. The van der Waals surface area contributed by atoms with Crippen molar-refractivity contribution in [1.82, 2.24) is 15.2 Å². The first kappa shape index (κ1) is 21.4. The number of benzene rings is 1. The van der Waals surface area contributed by atoms with Gasteiger partial charge in [0.2, 0.25) is 5.91 Å². The van der Waals surface area contributed by atoms with Gasteiger partial charge < -0.3 is 5.32 Å². The molecule has 0 aliphatic carbocycles. The minimum atomic E-state index is -0.826. The van der Waals surface area contributed by atoms with Gasteiger partial charge in [-0.2, -0.15) is 0 Å². The number of likely N-dealkylation sites (tertiary alicyclic amines) is 1. The van der Waals surface area contributed by atoms with Crippen molar-refractivity contribution >= 4 is 5.91 Å². The van der Waals surface area contributed by atoms with Crippen molar-refractivity contribution in [2.24, 2.45) is 11.8 Å². The standard InChI is InChI=1S/C23H29F2N3O/c1-16(2)12-22(29)27-23(21-7-3-4-10-26-21)18-6-5-11-28(15-18)14-17-8-9-19(24)20(25)13-17/h3-4,7-10,13,16,18,23H,5-6,11-12,14-15H2,1-2H3,(H,27,29)/t18-,23-/m1/s1. The second-order valence-corrected chi connectivity index (χ2v) is 8.28. The molecule has 2 atom stereocenters. The Morgan fingerprint density at radius 1 is 1.24 bits per heavy atom. The number of nitrogens with one attached hydrogen (secondary N) is 1. The maximum atomic E-state index is 13.6. The number of hydrogen-bond donors (Lipinski definition) is 1. The molecule has 1 aliphatic rings. The summed E-state index contributed by atoms with van der Waals surface area (Å²) < 4.78 is 26.8. The highest BCUT2D eigenvalue weighted by atomic mass is 19.2. The molecular formula is C23H29F2N3O. The Labute approximate surface area is 171 Å². The van der Waals surface area contributed by atoms with Crippen LogP contribution in [0.25, 0.3) is 0 Å². The lowest BCUT2D eigenvalue weighted by Crippen LogP contribution is -2.43. The van der Waals surface area contributed by atoms with Crippen molar-refractivity contribution in [3.05, 3.63) is 65.5 Å². The third kappa shape index (κ3) is 6.07. The number of amides is 1. The molecule has 4 nitrogen and oxygen atoms in total. The van der Waals surface area contributed by atoms with Crippen molar-refractivity contribution in [3.63, 3.8) is 0 Å². The van der Waals surface area contributed by atoms with Gasteiger partial charge in [0.25, 0.3) is 0 Å². The van der Waals surface area contributed by atoms with Gasteiger partial charge in [0.1, 0.15) is 0 Å². The SMILES string of the molecule is CC(C)CC(=O)N[C@@H](c1ccccn1)[C@@H]1CCCN(Cc2ccc(F)c(F)c2)C1. The quantitative estimate of drug-likeness (QED) is 0.744. The van der Waals surface area contributed by atoms with E-state index in [-0.39, 0.29) is 23.8 Å². The van der Waals surface area contributed by atoms with Crippen LogP contribution in [-0.4, -0.2) is 28.9 Å². The van der Waals surface area contributed by atoms with Crippen LogP contribution in [0, 0.1) is 23.5 Å². The predicted octanol–water partition coefficient (Wildman–Crippen LogP) is 4.48. The Bertz CT molecular complexity index is 813. The van der Waals surface area contributed by atoms with E-state index in [0.29, 0.717) is 13.0 Å². The monoisotopic (exact) mass is 401 g/mol. The Morgan fingerprint density at radius 2 is 2.07 bits per heavy atom. The van der Waals surface area contributed by atoms with E-state index in [9.17, 15) is 13.6 Å². The number of piperidine rings is 1. The van der Waals surface area contributed by atoms with Crippen LogP contribution in [0.4, 0.5) is 8.78 Å². The first-order valence-corrected chi connectivity index (χ1v) is 10.3. The largest absolute Gasteiger partial charge is 0.347 e. The Balaban J connectivity index is 1.72. The summed E-state index contributed by atoms with van der Waals surface area (Å²) in [5.41, 5.74) is 1.62. The molecule has 0 bridgehead atoms. The maximum Gasteiger partial charge on any atom is 0.220 e. The molecule has 1 amide bonds. The van der Waals surface area contributed by atoms with E-state index < -0.39 is 11.6 Å². The van der Waals surface area contributed by atoms with Crippen molar-refractivity contribution in [2.45, 2.75) is 45.7 Å². The average Bonchev–Trinajstić information content (AvgIpc) is 2.69. The number of pyridine rings is 1. The second kappa shape index (κ2) is 9.92. The topological polar surface area (TPSA) is 45.2 Å². The summed E-state index contributed by atoms with van der Waals surface area (Å²) in [5.74, 6) is -1.11. The Hall–Kier alpha value is -2.34. The van der Waals surface area contributed by atoms with Crippen LogP contribution in [0.15, 0.2) is 42.6 Å². The van der Waals surface area contributed by atoms with Gasteiger partial charge in [-0.1, -0.05) is 26.0 Å². The molecule has 6 heteroatoms. The first-order valence-electron chi connectivity index (χ1n) is 10.3. The molecule has 0 saturated carbocycles. The van der Waals surface area contributed by atoms with Gasteiger partial charge >= 0.3 is 0 Å². The number of halogens is 2. The first-order chi connectivity index (χ1) is 13.9. The van der Waals surface area contributed by atoms with Crippen LogP contribution in [-0.2, 0) is 11.3 Å². The number of rotatable bonds is 7. The third-order valence-electron chi connectivity index (χ3n) is 5.32. The summed E-state index contributed by atoms with van der Waals surface area (Å²) in [6.45, 7) is 6.27. The zero-order chi connectivity index (χ0) is 20.8. The van der Waals surface area contributed by atoms with E-state index in [2.05, 4.69) is 15.2 Å². The highest BCUT2D eigenvalue weighted by Crippen LogP contribution is 2.30. The molecule has 1 saturated heterocycles. The van der Waals surface area contributed by atoms with Crippen LogP contribution in [0.3, 0.4) is 0 Å². The van der Waals surface area contributed by atoms with E-state index in [0.717, 1.165) is 37.2 Å². The van der Waals surface area contributed by atoms with E-state index >= 15 is 0 Å². The summed E-state index contributed by atoms with van der Waals surface area (Å²) in [6.07, 6.45) is 4.20. The molecular weight excluding hydrogens is 372 g/mol. The molecule has 1 fully saturated rings. The molecule has 1 aromatic carbocycles. The number of nitrogens with zero attached hydrogens (tertiary/aromatic N) is 2. The Morgan fingerprint density at radius 3 is 2.76 bits per heavy atom. The van der Waals surface area contributed by atoms with Crippen LogP contribution >= 0.6 is 0 Å². The van der Waals surface area contributed by atoms with Crippen molar-refractivity contribution in [1.29, 1.82) is 0 Å². The summed E-state index contributed by atoms with van der Waals surface area (Å²) in [4.78, 5) is 19.2. The van der Waals surface area contributed by atoms with Gasteiger partial charge in [-0.15, -0.1) is 0 Å². The number of hydrogen-bond acceptors (Lipinski definition) is 3. The highest BCUT2D eigenvalue weighted by Gasteiger charge is 2.30. The zero-order valence-corrected chi connectivity index (χ0v) is 17.1. The number of aromatic nitrogens is 1. The summed E-state index contributed by atoms with van der Waals surface area (Å²) >= 11 is 0. The fraction of sp³-hybridized carbons (Fsp3) is 0.478. The van der Waals surface area contributed by atoms with Crippen molar-refractivity contribution in [3.8, 4) is 0 Å². The van der Waals surface area contributed by atoms with Gasteiger partial charge in [-0.25, -0.2) is 8.78 Å². The molecule has 1 N–H and O–H groups in total. The average molecular weight is 402 g/mol. The molecule has 1 aromatic heterocycles. The number of carbonyl (C=O) groups excluding carboxylic acids is 1. The van der Waals surface area contributed by atoms with E-state index in [1.807, 2.05) is 32.0 Å². The fourth-order valence-electron chi connectivity index (χ4n) is 4.00. The summed E-state index contributed by atoms with van der Waals surface area (Å²) in [5, 5.41) is 3.20. The molecule has 1 aliphatic heterocycles. The normalized spacial score (nSPS) is 18.6. The minimum Gasteiger partial charge on any atom is -0.347 e. The molecule has 0 radical (unpaired) electrons. The smallest absolute Gasteiger partial charge is 0.220 e. The molecule has 2 heterocycles. The summed E-state index contributed by atoms with van der Waals surface area (Å²) in [7, 11) is 0. The molecule has 2 aromatic rings. The lowest BCUT2D eigenvalue weighted by molar-refractivity contribution is -0.123. The van der Waals surface area contributed by atoms with Gasteiger partial charge in [0, 0.05) is 25.7 Å².